The van der Waals surface area contributed by atoms with E-state index in [0.717, 1.165) is 0 Å². The molecule has 0 saturated heterocycles. The summed E-state index contributed by atoms with van der Waals surface area (Å²) in [5, 5.41) is 0. The second-order valence-corrected chi connectivity index (χ2v) is 5.41. The fraction of sp³-hybridized carbons (Fsp3) is 0.211. The fourth-order valence-corrected chi connectivity index (χ4v) is 2.45. The maximum Gasteiger partial charge on any atom is 0.332 e. The molecule has 0 N–H and O–H groups in total. The average Bonchev–Trinajstić information content (AvgIpc) is 2.96. The maximum absolute atomic E-state index is 12.1. The van der Waals surface area contributed by atoms with Crippen LogP contribution in [-0.4, -0.2) is 22.9 Å². The number of methoxy groups -OCH3 is 1. The first-order valence-corrected chi connectivity index (χ1v) is 7.95. The van der Waals surface area contributed by atoms with Crippen molar-refractivity contribution in [1.82, 2.24) is 9.13 Å². The molecule has 0 radical (unpaired) electrons. The largest absolute Gasteiger partial charge is 0.497 e. The van der Waals surface area contributed by atoms with Crippen molar-refractivity contribution in [3.05, 3.63) is 65.3 Å². The average molecular weight is 340 g/mol. The third kappa shape index (κ3) is 3.52. The Labute approximate surface area is 145 Å². The highest BCUT2D eigenvalue weighted by atomic mass is 16.5. The number of rotatable bonds is 6. The van der Waals surface area contributed by atoms with Gasteiger partial charge in [0.25, 0.3) is 0 Å². The van der Waals surface area contributed by atoms with Gasteiger partial charge in [-0.2, -0.15) is 0 Å². The number of ether oxygens (including phenoxy) is 3. The Balaban J connectivity index is 1.96. The molecular formula is C19H20N2O4. The van der Waals surface area contributed by atoms with Crippen molar-refractivity contribution < 1.29 is 14.2 Å². The van der Waals surface area contributed by atoms with Crippen LogP contribution in [0.15, 0.2) is 59.7 Å². The Kier molecular flexibility index (Phi) is 4.79. The van der Waals surface area contributed by atoms with Crippen LogP contribution in [0.3, 0.4) is 0 Å². The quantitative estimate of drug-likeness (QED) is 0.690. The lowest BCUT2D eigenvalue weighted by Gasteiger charge is -2.14. The van der Waals surface area contributed by atoms with Gasteiger partial charge in [-0.25, -0.2) is 4.79 Å². The molecule has 130 valence electrons. The van der Waals surface area contributed by atoms with Crippen molar-refractivity contribution >= 4 is 0 Å². The Morgan fingerprint density at radius 2 is 1.80 bits per heavy atom. The van der Waals surface area contributed by atoms with Crippen molar-refractivity contribution in [2.24, 2.45) is 7.05 Å². The van der Waals surface area contributed by atoms with Gasteiger partial charge in [0.1, 0.15) is 11.5 Å². The van der Waals surface area contributed by atoms with Crippen LogP contribution in [0.25, 0.3) is 5.69 Å². The van der Waals surface area contributed by atoms with Gasteiger partial charge in [-0.1, -0.05) is 6.07 Å². The highest BCUT2D eigenvalue weighted by Gasteiger charge is 2.11. The molecule has 1 heterocycles. The van der Waals surface area contributed by atoms with Gasteiger partial charge in [-0.05, 0) is 31.2 Å². The van der Waals surface area contributed by atoms with Gasteiger partial charge in [0.15, 0.2) is 11.5 Å². The molecule has 3 aromatic rings. The summed E-state index contributed by atoms with van der Waals surface area (Å²) in [6, 6.07) is 12.7. The smallest absolute Gasteiger partial charge is 0.332 e. The van der Waals surface area contributed by atoms with E-state index < -0.39 is 0 Å². The molecule has 0 atom stereocenters. The fourth-order valence-electron chi connectivity index (χ4n) is 2.45. The molecule has 6 nitrogen and oxygen atoms in total. The molecule has 3 rings (SSSR count). The van der Waals surface area contributed by atoms with Crippen LogP contribution in [-0.2, 0) is 7.05 Å². The highest BCUT2D eigenvalue weighted by Crippen LogP contribution is 2.34. The van der Waals surface area contributed by atoms with Crippen LogP contribution in [0.5, 0.6) is 23.0 Å². The second-order valence-electron chi connectivity index (χ2n) is 5.41. The predicted molar refractivity (Wildman–Crippen MR) is 95.2 cm³/mol. The first-order valence-electron chi connectivity index (χ1n) is 7.95. The van der Waals surface area contributed by atoms with E-state index in [-0.39, 0.29) is 5.69 Å². The summed E-state index contributed by atoms with van der Waals surface area (Å²) in [6.07, 6.45) is 3.43. The maximum atomic E-state index is 12.1. The van der Waals surface area contributed by atoms with Gasteiger partial charge in [0.2, 0.25) is 0 Å². The minimum Gasteiger partial charge on any atom is -0.497 e. The van der Waals surface area contributed by atoms with Crippen LogP contribution in [0.4, 0.5) is 0 Å². The topological polar surface area (TPSA) is 54.6 Å². The Morgan fingerprint density at radius 3 is 2.48 bits per heavy atom. The lowest BCUT2D eigenvalue weighted by Crippen LogP contribution is -2.20. The summed E-state index contributed by atoms with van der Waals surface area (Å²) in [4.78, 5) is 12.1. The van der Waals surface area contributed by atoms with Gasteiger partial charge < -0.3 is 18.8 Å². The molecule has 0 aliphatic rings. The molecule has 0 fully saturated rings. The molecule has 0 amide bonds. The molecule has 0 spiro atoms. The number of aryl methyl sites for hydroxylation is 1. The SMILES string of the molecule is CCOc1cc(-n2ccn(C)c2=O)ccc1Oc1cccc(OC)c1. The zero-order valence-corrected chi connectivity index (χ0v) is 14.4. The Hall–Kier alpha value is -3.15. The number of nitrogens with zero attached hydrogens (tertiary/aromatic N) is 2. The van der Waals surface area contributed by atoms with E-state index in [2.05, 4.69) is 0 Å². The summed E-state index contributed by atoms with van der Waals surface area (Å²) >= 11 is 0. The lowest BCUT2D eigenvalue weighted by molar-refractivity contribution is 0.321. The Morgan fingerprint density at radius 1 is 1.00 bits per heavy atom. The summed E-state index contributed by atoms with van der Waals surface area (Å²) in [7, 11) is 3.32. The molecule has 0 aliphatic heterocycles. The number of hydrogen-bond donors (Lipinski definition) is 0. The highest BCUT2D eigenvalue weighted by molar-refractivity contribution is 5.51. The van der Waals surface area contributed by atoms with E-state index >= 15 is 0 Å². The minimum atomic E-state index is -0.121. The zero-order valence-electron chi connectivity index (χ0n) is 14.4. The van der Waals surface area contributed by atoms with Gasteiger partial charge in [0.05, 0.1) is 19.4 Å². The molecule has 25 heavy (non-hydrogen) atoms. The van der Waals surface area contributed by atoms with Crippen LogP contribution in [0.1, 0.15) is 6.92 Å². The summed E-state index contributed by atoms with van der Waals surface area (Å²) in [6.45, 7) is 2.39. The van der Waals surface area contributed by atoms with E-state index in [1.54, 1.807) is 49.3 Å². The van der Waals surface area contributed by atoms with Gasteiger partial charge >= 0.3 is 5.69 Å². The zero-order chi connectivity index (χ0) is 17.8. The first-order chi connectivity index (χ1) is 12.1. The van der Waals surface area contributed by atoms with Crippen molar-refractivity contribution in [2.45, 2.75) is 6.92 Å². The van der Waals surface area contributed by atoms with Crippen molar-refractivity contribution in [1.29, 1.82) is 0 Å². The molecular weight excluding hydrogens is 320 g/mol. The number of aromatic nitrogens is 2. The van der Waals surface area contributed by atoms with Gasteiger partial charge in [0, 0.05) is 31.6 Å². The van der Waals surface area contributed by atoms with E-state index in [4.69, 9.17) is 14.2 Å². The van der Waals surface area contributed by atoms with E-state index in [0.29, 0.717) is 35.3 Å². The van der Waals surface area contributed by atoms with E-state index in [1.165, 1.54) is 4.57 Å². The molecule has 0 saturated carbocycles. The van der Waals surface area contributed by atoms with Crippen molar-refractivity contribution in [2.75, 3.05) is 13.7 Å². The van der Waals surface area contributed by atoms with Crippen LogP contribution < -0.4 is 19.9 Å². The summed E-state index contributed by atoms with van der Waals surface area (Å²) in [5.41, 5.74) is 0.593. The third-order valence-corrected chi connectivity index (χ3v) is 3.72. The molecule has 6 heteroatoms. The summed E-state index contributed by atoms with van der Waals surface area (Å²) in [5.74, 6) is 2.49. The van der Waals surface area contributed by atoms with Gasteiger partial charge in [-0.15, -0.1) is 0 Å². The normalized spacial score (nSPS) is 10.5. The van der Waals surface area contributed by atoms with Crippen molar-refractivity contribution in [3.8, 4) is 28.7 Å². The predicted octanol–water partition coefficient (Wildman–Crippen LogP) is 3.38. The lowest BCUT2D eigenvalue weighted by atomic mass is 10.2. The van der Waals surface area contributed by atoms with Crippen LogP contribution >= 0.6 is 0 Å². The monoisotopic (exact) mass is 340 g/mol. The first kappa shape index (κ1) is 16.7. The van der Waals surface area contributed by atoms with E-state index in [9.17, 15) is 4.79 Å². The summed E-state index contributed by atoms with van der Waals surface area (Å²) < 4.78 is 19.9. The third-order valence-electron chi connectivity index (χ3n) is 3.72. The minimum absolute atomic E-state index is 0.121. The number of hydrogen-bond acceptors (Lipinski definition) is 4. The van der Waals surface area contributed by atoms with Crippen LogP contribution in [0, 0.1) is 0 Å². The molecule has 0 bridgehead atoms. The molecule has 0 aliphatic carbocycles. The molecule has 1 aromatic heterocycles. The van der Waals surface area contributed by atoms with Gasteiger partial charge in [-0.3, -0.25) is 4.57 Å². The van der Waals surface area contributed by atoms with E-state index in [1.807, 2.05) is 31.2 Å². The molecule has 2 aromatic carbocycles. The molecule has 0 unspecified atom stereocenters. The Bertz CT molecular complexity index is 927. The number of benzene rings is 2. The van der Waals surface area contributed by atoms with Crippen LogP contribution in [0.2, 0.25) is 0 Å². The second kappa shape index (κ2) is 7.17. The number of imidazole rings is 1. The standard InChI is InChI=1S/C19H20N2O4/c1-4-24-18-12-14(21-11-10-20(2)19(21)22)8-9-17(18)25-16-7-5-6-15(13-16)23-3/h5-13H,4H2,1-3H3. The van der Waals surface area contributed by atoms with Crippen molar-refractivity contribution in [3.63, 3.8) is 0 Å².